The first-order valence-corrected chi connectivity index (χ1v) is 15.7. The minimum absolute atomic E-state index is 0.323. The second-order valence-electron chi connectivity index (χ2n) is 12.9. The zero-order chi connectivity index (χ0) is 27.9. The van der Waals surface area contributed by atoms with Crippen LogP contribution in [-0.4, -0.2) is 26.4 Å². The van der Waals surface area contributed by atoms with Gasteiger partial charge in [-0.15, -0.1) is 0 Å². The van der Waals surface area contributed by atoms with Gasteiger partial charge in [0.05, 0.1) is 12.7 Å². The number of benzene rings is 1. The molecule has 38 heavy (non-hydrogen) atoms. The average Bonchev–Trinajstić information content (AvgIpc) is 2.94. The maximum absolute atomic E-state index is 5.34. The van der Waals surface area contributed by atoms with Gasteiger partial charge in [0.15, 0.2) is 0 Å². The molecular formula is C36H60O2. The molecule has 0 amide bonds. The van der Waals surface area contributed by atoms with Crippen LogP contribution in [0.5, 0.6) is 0 Å². The molecule has 3 fully saturated rings. The molecule has 0 aromatic heterocycles. The van der Waals surface area contributed by atoms with Crippen LogP contribution in [0.25, 0.3) is 6.08 Å². The van der Waals surface area contributed by atoms with Crippen LogP contribution in [0.15, 0.2) is 47.6 Å². The van der Waals surface area contributed by atoms with Gasteiger partial charge in [0, 0.05) is 13.7 Å². The van der Waals surface area contributed by atoms with Crippen LogP contribution >= 0.6 is 0 Å². The van der Waals surface area contributed by atoms with Crippen LogP contribution < -0.4 is 0 Å². The summed E-state index contributed by atoms with van der Waals surface area (Å²) in [7, 11) is 1.77. The van der Waals surface area contributed by atoms with E-state index in [0.29, 0.717) is 17.9 Å². The van der Waals surface area contributed by atoms with Crippen molar-refractivity contribution >= 4 is 6.08 Å². The second-order valence-corrected chi connectivity index (χ2v) is 12.9. The first-order valence-electron chi connectivity index (χ1n) is 15.7. The molecule has 1 aromatic rings. The van der Waals surface area contributed by atoms with Gasteiger partial charge in [-0.05, 0) is 106 Å². The predicted octanol–water partition coefficient (Wildman–Crippen LogP) is 10.4. The molecule has 0 radical (unpaired) electrons. The third-order valence-corrected chi connectivity index (χ3v) is 9.32. The molecule has 216 valence electrons. The number of ether oxygens (including phenoxy) is 2. The summed E-state index contributed by atoms with van der Waals surface area (Å²) in [4.78, 5) is 0. The lowest BCUT2D eigenvalue weighted by Gasteiger charge is -2.32. The maximum Gasteiger partial charge on any atom is 0.0836 e. The van der Waals surface area contributed by atoms with E-state index in [1.807, 2.05) is 0 Å². The van der Waals surface area contributed by atoms with Crippen molar-refractivity contribution in [1.29, 1.82) is 0 Å². The highest BCUT2D eigenvalue weighted by molar-refractivity contribution is 5.52. The first-order chi connectivity index (χ1) is 18.2. The van der Waals surface area contributed by atoms with Crippen molar-refractivity contribution in [1.82, 2.24) is 0 Å². The number of rotatable bonds is 5. The van der Waals surface area contributed by atoms with Crippen LogP contribution in [0.2, 0.25) is 0 Å². The molecule has 1 heterocycles. The predicted molar refractivity (Wildman–Crippen MR) is 166 cm³/mol. The van der Waals surface area contributed by atoms with E-state index in [-0.39, 0.29) is 0 Å². The lowest BCUT2D eigenvalue weighted by Crippen LogP contribution is -2.36. The van der Waals surface area contributed by atoms with E-state index >= 15 is 0 Å². The Labute approximate surface area is 236 Å². The second kappa shape index (κ2) is 18.1. The lowest BCUT2D eigenvalue weighted by molar-refractivity contribution is -0.0775. The van der Waals surface area contributed by atoms with Gasteiger partial charge in [-0.2, -0.15) is 0 Å². The number of methoxy groups -OCH3 is 1. The molecular weight excluding hydrogens is 464 g/mol. The number of hydrogen-bond acceptors (Lipinski definition) is 2. The third kappa shape index (κ3) is 11.8. The van der Waals surface area contributed by atoms with Gasteiger partial charge < -0.3 is 9.47 Å². The zero-order valence-corrected chi connectivity index (χ0v) is 26.2. The molecule has 0 N–H and O–H groups in total. The minimum Gasteiger partial charge on any atom is -0.379 e. The Balaban J connectivity index is 0.000000206. The van der Waals surface area contributed by atoms with E-state index in [4.69, 9.17) is 9.47 Å². The fourth-order valence-electron chi connectivity index (χ4n) is 6.31. The summed E-state index contributed by atoms with van der Waals surface area (Å²) in [5, 5.41) is 0. The summed E-state index contributed by atoms with van der Waals surface area (Å²) in [5.74, 6) is 5.11. The van der Waals surface area contributed by atoms with E-state index in [1.54, 1.807) is 18.3 Å². The van der Waals surface area contributed by atoms with Crippen molar-refractivity contribution in [2.75, 3.05) is 20.3 Å². The zero-order valence-electron chi connectivity index (χ0n) is 26.2. The van der Waals surface area contributed by atoms with Crippen molar-refractivity contribution < 1.29 is 9.47 Å². The molecule has 0 bridgehead atoms. The SMILES string of the molecule is CC(C)C1CCC(=Cc2ccccc2)CC1.CC=C1CCC(C(C)C)CC1.COC1COCCC1C(C)C. The van der Waals surface area contributed by atoms with E-state index < -0.39 is 0 Å². The summed E-state index contributed by atoms with van der Waals surface area (Å²) in [6.07, 6.45) is 17.1. The molecule has 2 atom stereocenters. The Hall–Kier alpha value is -1.38. The average molecular weight is 525 g/mol. The largest absolute Gasteiger partial charge is 0.379 e. The van der Waals surface area contributed by atoms with Crippen LogP contribution in [0.4, 0.5) is 0 Å². The van der Waals surface area contributed by atoms with Crippen LogP contribution in [0.3, 0.4) is 0 Å². The van der Waals surface area contributed by atoms with Crippen molar-refractivity contribution in [2.45, 2.75) is 112 Å². The molecule has 1 aromatic carbocycles. The first kappa shape index (κ1) is 32.8. The Bertz CT molecular complexity index is 784. The molecule has 1 saturated heterocycles. The van der Waals surface area contributed by atoms with Gasteiger partial charge in [0.2, 0.25) is 0 Å². The van der Waals surface area contributed by atoms with Gasteiger partial charge in [0.1, 0.15) is 0 Å². The van der Waals surface area contributed by atoms with Gasteiger partial charge in [0.25, 0.3) is 0 Å². The third-order valence-electron chi connectivity index (χ3n) is 9.32. The summed E-state index contributed by atoms with van der Waals surface area (Å²) in [6.45, 7) is 17.8. The Morgan fingerprint density at radius 3 is 1.68 bits per heavy atom. The molecule has 2 nitrogen and oxygen atoms in total. The Morgan fingerprint density at radius 1 is 0.737 bits per heavy atom. The monoisotopic (exact) mass is 524 g/mol. The fraction of sp³-hybridized carbons (Fsp3) is 0.722. The smallest absolute Gasteiger partial charge is 0.0836 e. The van der Waals surface area contributed by atoms with Crippen LogP contribution in [0.1, 0.15) is 112 Å². The quantitative estimate of drug-likeness (QED) is 0.357. The molecule has 0 spiro atoms. The minimum atomic E-state index is 0.323. The highest BCUT2D eigenvalue weighted by Gasteiger charge is 2.27. The Morgan fingerprint density at radius 2 is 1.26 bits per heavy atom. The highest BCUT2D eigenvalue weighted by Crippen LogP contribution is 2.34. The molecule has 2 unspecified atom stereocenters. The highest BCUT2D eigenvalue weighted by atomic mass is 16.5. The van der Waals surface area contributed by atoms with Crippen LogP contribution in [-0.2, 0) is 9.47 Å². The summed E-state index contributed by atoms with van der Waals surface area (Å²) in [6, 6.07) is 10.7. The summed E-state index contributed by atoms with van der Waals surface area (Å²) < 4.78 is 10.7. The fourth-order valence-corrected chi connectivity index (χ4v) is 6.31. The van der Waals surface area contributed by atoms with Crippen molar-refractivity contribution in [3.63, 3.8) is 0 Å². The van der Waals surface area contributed by atoms with E-state index in [0.717, 1.165) is 43.3 Å². The van der Waals surface area contributed by atoms with E-state index in [2.05, 4.69) is 91.0 Å². The normalized spacial score (nSPS) is 25.9. The lowest BCUT2D eigenvalue weighted by atomic mass is 9.79. The Kier molecular flexibility index (Phi) is 15.6. The molecule has 3 aliphatic rings. The standard InChI is InChI=1S/C16H22.C11H20.C9H18O2/c1-13(2)16-10-8-15(9-11-16)12-14-6-4-3-5-7-14;1-4-10-5-7-11(8-6-10)9(2)3;1-7(2)8-4-5-11-6-9(8)10-3/h3-7,12-13,16H,8-11H2,1-2H3;4,9,11H,5-8H2,1-3H3;7-9H,4-6H2,1-3H3. The van der Waals surface area contributed by atoms with E-state index in [9.17, 15) is 0 Å². The van der Waals surface area contributed by atoms with Crippen molar-refractivity contribution in [3.8, 4) is 0 Å². The van der Waals surface area contributed by atoms with E-state index in [1.165, 1.54) is 56.9 Å². The summed E-state index contributed by atoms with van der Waals surface area (Å²) in [5.41, 5.74) is 4.69. The van der Waals surface area contributed by atoms with Crippen LogP contribution in [0, 0.1) is 35.5 Å². The molecule has 2 aliphatic carbocycles. The number of allylic oxidation sites excluding steroid dienone is 3. The van der Waals surface area contributed by atoms with Gasteiger partial charge in [-0.1, -0.05) is 95.2 Å². The van der Waals surface area contributed by atoms with Gasteiger partial charge >= 0.3 is 0 Å². The summed E-state index contributed by atoms with van der Waals surface area (Å²) >= 11 is 0. The van der Waals surface area contributed by atoms with Crippen molar-refractivity contribution in [3.05, 3.63) is 53.1 Å². The molecule has 2 heteroatoms. The van der Waals surface area contributed by atoms with Gasteiger partial charge in [-0.25, -0.2) is 0 Å². The van der Waals surface area contributed by atoms with Gasteiger partial charge in [-0.3, -0.25) is 0 Å². The maximum atomic E-state index is 5.34. The molecule has 4 rings (SSSR count). The van der Waals surface area contributed by atoms with Crippen molar-refractivity contribution in [2.24, 2.45) is 35.5 Å². The topological polar surface area (TPSA) is 18.5 Å². The molecule has 1 aliphatic heterocycles. The molecule has 2 saturated carbocycles. The number of hydrogen-bond donors (Lipinski definition) is 0.